The van der Waals surface area contributed by atoms with Gasteiger partial charge in [0, 0.05) is 31.7 Å². The zero-order chi connectivity index (χ0) is 12.4. The van der Waals surface area contributed by atoms with Crippen molar-refractivity contribution in [2.75, 3.05) is 36.6 Å². The molecule has 0 amide bonds. The van der Waals surface area contributed by atoms with Gasteiger partial charge in [-0.05, 0) is 19.3 Å². The van der Waals surface area contributed by atoms with Crippen LogP contribution in [-0.4, -0.2) is 36.3 Å². The van der Waals surface area contributed by atoms with Gasteiger partial charge in [0.25, 0.3) is 0 Å². The molecular formula is C12H19N5O. The highest BCUT2D eigenvalue weighted by molar-refractivity contribution is 5.49. The van der Waals surface area contributed by atoms with E-state index in [1.807, 2.05) is 6.07 Å². The highest BCUT2D eigenvalue weighted by Crippen LogP contribution is 2.39. The van der Waals surface area contributed by atoms with Crippen LogP contribution >= 0.6 is 0 Å². The van der Waals surface area contributed by atoms with Crippen molar-refractivity contribution in [3.63, 3.8) is 0 Å². The molecule has 1 aromatic rings. The van der Waals surface area contributed by atoms with Gasteiger partial charge in [0.1, 0.15) is 17.5 Å². The minimum absolute atomic E-state index is 0.528. The van der Waals surface area contributed by atoms with Gasteiger partial charge < -0.3 is 15.1 Å². The Labute approximate surface area is 107 Å². The molecule has 1 aliphatic carbocycles. The van der Waals surface area contributed by atoms with E-state index < -0.39 is 0 Å². The molecule has 3 N–H and O–H groups in total. The Hall–Kier alpha value is -1.40. The third-order valence-electron chi connectivity index (χ3n) is 3.37. The second kappa shape index (κ2) is 5.07. The van der Waals surface area contributed by atoms with E-state index in [1.54, 1.807) is 0 Å². The van der Waals surface area contributed by atoms with E-state index in [0.717, 1.165) is 44.4 Å². The van der Waals surface area contributed by atoms with E-state index in [4.69, 9.17) is 10.6 Å². The van der Waals surface area contributed by atoms with Crippen LogP contribution in [0.4, 0.5) is 11.6 Å². The minimum atomic E-state index is 0.528. The lowest BCUT2D eigenvalue weighted by molar-refractivity contribution is 0.152. The Morgan fingerprint density at radius 2 is 2.17 bits per heavy atom. The number of anilines is 2. The van der Waals surface area contributed by atoms with Gasteiger partial charge in [0.2, 0.25) is 0 Å². The smallest absolute Gasteiger partial charge is 0.145 e. The van der Waals surface area contributed by atoms with E-state index in [0.29, 0.717) is 11.7 Å². The van der Waals surface area contributed by atoms with Crippen molar-refractivity contribution < 1.29 is 4.74 Å². The van der Waals surface area contributed by atoms with Gasteiger partial charge in [-0.3, -0.25) is 0 Å². The third kappa shape index (κ3) is 2.54. The van der Waals surface area contributed by atoms with Gasteiger partial charge in [-0.2, -0.15) is 0 Å². The summed E-state index contributed by atoms with van der Waals surface area (Å²) in [5.74, 6) is 8.60. The highest BCUT2D eigenvalue weighted by Gasteiger charge is 2.28. The molecule has 1 aromatic heterocycles. The summed E-state index contributed by atoms with van der Waals surface area (Å²) in [7, 11) is 0. The monoisotopic (exact) mass is 249 g/mol. The van der Waals surface area contributed by atoms with Crippen LogP contribution in [-0.2, 0) is 4.74 Å². The molecule has 0 radical (unpaired) electrons. The lowest BCUT2D eigenvalue weighted by Crippen LogP contribution is -2.27. The van der Waals surface area contributed by atoms with Crippen molar-refractivity contribution >= 4 is 11.6 Å². The quantitative estimate of drug-likeness (QED) is 0.611. The Kier molecular flexibility index (Phi) is 3.29. The second-order valence-electron chi connectivity index (χ2n) is 4.84. The van der Waals surface area contributed by atoms with E-state index in [2.05, 4.69) is 20.3 Å². The first-order valence-electron chi connectivity index (χ1n) is 6.55. The molecule has 0 unspecified atom stereocenters. The van der Waals surface area contributed by atoms with Crippen LogP contribution < -0.4 is 16.2 Å². The molecular weight excluding hydrogens is 230 g/mol. The fraction of sp³-hybridized carbons (Fsp3) is 0.667. The van der Waals surface area contributed by atoms with E-state index in [-0.39, 0.29) is 0 Å². The summed E-state index contributed by atoms with van der Waals surface area (Å²) in [5.41, 5.74) is 2.64. The van der Waals surface area contributed by atoms with Crippen LogP contribution in [0.15, 0.2) is 6.07 Å². The molecule has 1 aliphatic heterocycles. The first-order chi connectivity index (χ1) is 8.86. The van der Waals surface area contributed by atoms with Crippen LogP contribution in [0.3, 0.4) is 0 Å². The molecule has 3 rings (SSSR count). The van der Waals surface area contributed by atoms with Crippen molar-refractivity contribution in [2.45, 2.75) is 25.2 Å². The zero-order valence-electron chi connectivity index (χ0n) is 10.4. The highest BCUT2D eigenvalue weighted by atomic mass is 16.5. The second-order valence-corrected chi connectivity index (χ2v) is 4.84. The summed E-state index contributed by atoms with van der Waals surface area (Å²) in [6.45, 7) is 3.45. The van der Waals surface area contributed by atoms with Crippen LogP contribution in [0.1, 0.15) is 31.0 Å². The molecule has 1 saturated carbocycles. The summed E-state index contributed by atoms with van der Waals surface area (Å²) in [5, 5.41) is 0. The first kappa shape index (κ1) is 11.7. The van der Waals surface area contributed by atoms with Crippen LogP contribution in [0.2, 0.25) is 0 Å². The van der Waals surface area contributed by atoms with E-state index >= 15 is 0 Å². The van der Waals surface area contributed by atoms with E-state index in [9.17, 15) is 0 Å². The number of nitrogens with one attached hydrogen (secondary N) is 1. The Morgan fingerprint density at radius 1 is 1.28 bits per heavy atom. The van der Waals surface area contributed by atoms with Gasteiger partial charge in [0.05, 0.1) is 6.61 Å². The predicted molar refractivity (Wildman–Crippen MR) is 69.5 cm³/mol. The largest absolute Gasteiger partial charge is 0.380 e. The molecule has 6 heteroatoms. The normalized spacial score (nSPS) is 20.6. The van der Waals surface area contributed by atoms with Crippen LogP contribution in [0.5, 0.6) is 0 Å². The Balaban J connectivity index is 1.86. The fourth-order valence-electron chi connectivity index (χ4n) is 2.19. The average Bonchev–Trinajstić information content (AvgIpc) is 3.24. The molecule has 2 fully saturated rings. The Morgan fingerprint density at radius 3 is 2.94 bits per heavy atom. The number of ether oxygens (including phenoxy) is 1. The maximum absolute atomic E-state index is 5.49. The summed E-state index contributed by atoms with van der Waals surface area (Å²) in [6, 6.07) is 1.91. The zero-order valence-corrected chi connectivity index (χ0v) is 10.4. The van der Waals surface area contributed by atoms with E-state index in [1.165, 1.54) is 12.8 Å². The molecule has 1 saturated heterocycles. The number of hydrogen-bond donors (Lipinski definition) is 2. The maximum Gasteiger partial charge on any atom is 0.145 e. The minimum Gasteiger partial charge on any atom is -0.380 e. The van der Waals surface area contributed by atoms with Crippen molar-refractivity contribution in [1.29, 1.82) is 0 Å². The van der Waals surface area contributed by atoms with Gasteiger partial charge in [-0.15, -0.1) is 0 Å². The van der Waals surface area contributed by atoms with Gasteiger partial charge in [-0.1, -0.05) is 0 Å². The Bertz CT molecular complexity index is 413. The molecule has 0 aromatic carbocycles. The van der Waals surface area contributed by atoms with Gasteiger partial charge in [0.15, 0.2) is 0 Å². The number of aromatic nitrogens is 2. The van der Waals surface area contributed by atoms with Crippen LogP contribution in [0, 0.1) is 0 Å². The summed E-state index contributed by atoms with van der Waals surface area (Å²) < 4.78 is 5.47. The molecule has 2 aliphatic rings. The fourth-order valence-corrected chi connectivity index (χ4v) is 2.19. The van der Waals surface area contributed by atoms with Crippen molar-refractivity contribution in [3.8, 4) is 0 Å². The van der Waals surface area contributed by atoms with Crippen molar-refractivity contribution in [1.82, 2.24) is 9.97 Å². The van der Waals surface area contributed by atoms with Gasteiger partial charge in [-0.25, -0.2) is 15.8 Å². The molecule has 0 bridgehead atoms. The van der Waals surface area contributed by atoms with Gasteiger partial charge >= 0.3 is 0 Å². The standard InChI is InChI=1S/C12H19N5O/c13-16-10-8-11(15-12(14-10)9-2-3-9)17-4-1-6-18-7-5-17/h8-9H,1-7,13H2,(H,14,15,16). The lowest BCUT2D eigenvalue weighted by Gasteiger charge is -2.21. The topological polar surface area (TPSA) is 76.3 Å². The number of nitrogens with two attached hydrogens (primary N) is 1. The van der Waals surface area contributed by atoms with Crippen molar-refractivity contribution in [3.05, 3.63) is 11.9 Å². The first-order valence-corrected chi connectivity index (χ1v) is 6.55. The summed E-state index contributed by atoms with van der Waals surface area (Å²) >= 11 is 0. The van der Waals surface area contributed by atoms with Crippen LogP contribution in [0.25, 0.3) is 0 Å². The number of hydrogen-bond acceptors (Lipinski definition) is 6. The predicted octanol–water partition coefficient (Wildman–Crippen LogP) is 0.866. The number of nitrogen functional groups attached to an aromatic ring is 1. The maximum atomic E-state index is 5.49. The third-order valence-corrected chi connectivity index (χ3v) is 3.37. The molecule has 0 atom stereocenters. The number of hydrazine groups is 1. The molecule has 18 heavy (non-hydrogen) atoms. The summed E-state index contributed by atoms with van der Waals surface area (Å²) in [4.78, 5) is 11.4. The molecule has 98 valence electrons. The number of rotatable bonds is 3. The van der Waals surface area contributed by atoms with Crippen molar-refractivity contribution in [2.24, 2.45) is 5.84 Å². The summed E-state index contributed by atoms with van der Waals surface area (Å²) in [6.07, 6.45) is 3.42. The SMILES string of the molecule is NNc1cc(N2CCCOCC2)nc(C2CC2)n1. The average molecular weight is 249 g/mol. The molecule has 0 spiro atoms. The molecule has 2 heterocycles. The molecule has 6 nitrogen and oxygen atoms in total. The number of nitrogens with zero attached hydrogens (tertiary/aromatic N) is 3. The lowest BCUT2D eigenvalue weighted by atomic mass is 10.3.